The number of aliphatic hydroxyl groups excluding tert-OH is 2. The lowest BCUT2D eigenvalue weighted by molar-refractivity contribution is -0.143. The molecule has 0 aliphatic rings. The molecule has 6 nitrogen and oxygen atoms in total. The van der Waals surface area contributed by atoms with Gasteiger partial charge in [-0.3, -0.25) is 9.59 Å². The first kappa shape index (κ1) is 74.6. The first-order valence-electron chi connectivity index (χ1n) is 34.9. The van der Waals surface area contributed by atoms with Gasteiger partial charge in [0.05, 0.1) is 25.4 Å². The second-order valence-corrected chi connectivity index (χ2v) is 24.2. The summed E-state index contributed by atoms with van der Waals surface area (Å²) in [6, 6.07) is -0.545. The largest absolute Gasteiger partial charge is 0.466 e. The molecule has 2 atom stereocenters. The summed E-state index contributed by atoms with van der Waals surface area (Å²) in [5.41, 5.74) is 0. The van der Waals surface area contributed by atoms with Gasteiger partial charge in [-0.1, -0.05) is 347 Å². The molecule has 0 radical (unpaired) electrons. The van der Waals surface area contributed by atoms with E-state index in [0.717, 1.165) is 44.9 Å². The van der Waals surface area contributed by atoms with Gasteiger partial charge in [-0.25, -0.2) is 0 Å². The fourth-order valence-electron chi connectivity index (χ4n) is 11.2. The summed E-state index contributed by atoms with van der Waals surface area (Å²) in [6.07, 6.45) is 81.0. The second-order valence-electron chi connectivity index (χ2n) is 24.2. The molecule has 0 spiro atoms. The lowest BCUT2D eigenvalue weighted by Gasteiger charge is -2.22. The molecule has 0 fully saturated rings. The van der Waals surface area contributed by atoms with Crippen LogP contribution in [0.1, 0.15) is 399 Å². The first-order chi connectivity index (χ1) is 37.5. The summed E-state index contributed by atoms with van der Waals surface area (Å²) in [5.74, 6) is -0.0256. The van der Waals surface area contributed by atoms with E-state index in [2.05, 4.69) is 31.3 Å². The van der Waals surface area contributed by atoms with E-state index in [1.54, 1.807) is 0 Å². The molecular weight excluding hydrogens is 935 g/mol. The summed E-state index contributed by atoms with van der Waals surface area (Å²) < 4.78 is 5.51. The fourth-order valence-corrected chi connectivity index (χ4v) is 11.2. The number of aliphatic hydroxyl groups is 2. The zero-order valence-electron chi connectivity index (χ0n) is 51.8. The van der Waals surface area contributed by atoms with Crippen LogP contribution < -0.4 is 5.32 Å². The normalized spacial score (nSPS) is 12.5. The molecule has 0 aromatic heterocycles. The molecular formula is C70H137NO5. The van der Waals surface area contributed by atoms with E-state index in [9.17, 15) is 19.8 Å². The Morgan fingerprint density at radius 1 is 0.355 bits per heavy atom. The Balaban J connectivity index is 3.38. The molecule has 0 saturated heterocycles. The Labute approximate surface area is 476 Å². The van der Waals surface area contributed by atoms with E-state index in [0.29, 0.717) is 25.9 Å². The molecule has 1 amide bonds. The van der Waals surface area contributed by atoms with Crippen LogP contribution in [0.25, 0.3) is 0 Å². The topological polar surface area (TPSA) is 95.9 Å². The molecule has 6 heteroatoms. The zero-order chi connectivity index (χ0) is 55.0. The maximum absolute atomic E-state index is 12.5. The van der Waals surface area contributed by atoms with E-state index < -0.39 is 12.1 Å². The van der Waals surface area contributed by atoms with Crippen LogP contribution in [0, 0.1) is 0 Å². The van der Waals surface area contributed by atoms with Gasteiger partial charge >= 0.3 is 5.97 Å². The number of hydrogen-bond acceptors (Lipinski definition) is 5. The number of carbonyl (C=O) groups excluding carboxylic acids is 2. The smallest absolute Gasteiger partial charge is 0.305 e. The highest BCUT2D eigenvalue weighted by Gasteiger charge is 2.20. The quantitative estimate of drug-likeness (QED) is 0.0320. The zero-order valence-corrected chi connectivity index (χ0v) is 51.8. The fraction of sp³-hybridized carbons (Fsp3) is 0.943. The number of allylic oxidation sites excluding steroid dienone is 2. The van der Waals surface area contributed by atoms with Gasteiger partial charge in [-0.05, 0) is 51.4 Å². The summed E-state index contributed by atoms with van der Waals surface area (Å²) in [7, 11) is 0. The Morgan fingerprint density at radius 2 is 0.618 bits per heavy atom. The van der Waals surface area contributed by atoms with Gasteiger partial charge in [0.15, 0.2) is 0 Å². The summed E-state index contributed by atoms with van der Waals surface area (Å²) in [5, 5.41) is 23.4. The molecule has 0 heterocycles. The van der Waals surface area contributed by atoms with Crippen molar-refractivity contribution in [2.75, 3.05) is 13.2 Å². The summed E-state index contributed by atoms with van der Waals surface area (Å²) in [6.45, 7) is 4.98. The highest BCUT2D eigenvalue weighted by atomic mass is 16.5. The Hall–Kier alpha value is -1.40. The molecule has 3 N–H and O–H groups in total. The number of rotatable bonds is 66. The lowest BCUT2D eigenvalue weighted by Crippen LogP contribution is -2.45. The molecule has 0 aromatic rings. The van der Waals surface area contributed by atoms with Crippen LogP contribution in [0.5, 0.6) is 0 Å². The predicted molar refractivity (Wildman–Crippen MR) is 333 cm³/mol. The maximum atomic E-state index is 12.5. The Kier molecular flexibility index (Phi) is 64.9. The van der Waals surface area contributed by atoms with Crippen molar-refractivity contribution in [1.29, 1.82) is 0 Å². The van der Waals surface area contributed by atoms with Crippen LogP contribution in [0.2, 0.25) is 0 Å². The minimum Gasteiger partial charge on any atom is -0.466 e. The molecule has 0 aliphatic carbocycles. The van der Waals surface area contributed by atoms with Gasteiger partial charge in [-0.2, -0.15) is 0 Å². The van der Waals surface area contributed by atoms with Crippen molar-refractivity contribution in [2.24, 2.45) is 0 Å². The standard InChI is InChI=1S/C70H137NO5/c1-3-5-7-9-11-13-15-17-19-21-23-24-25-27-30-34-38-42-46-50-54-58-62-68(73)67(66-72)71-69(74)63-59-55-51-47-43-39-35-31-28-29-33-37-41-45-49-53-57-61-65-76-70(75)64-60-56-52-48-44-40-36-32-26-22-20-18-16-14-12-10-8-6-4-2/h18,20,67-68,72-73H,3-17,19,21-66H2,1-2H3,(H,71,74)/b20-18-. The average Bonchev–Trinajstić information content (AvgIpc) is 3.42. The number of amides is 1. The lowest BCUT2D eigenvalue weighted by atomic mass is 10.0. The van der Waals surface area contributed by atoms with E-state index in [1.165, 1.54) is 321 Å². The Bertz CT molecular complexity index is 1140. The van der Waals surface area contributed by atoms with Crippen molar-refractivity contribution in [3.05, 3.63) is 12.2 Å². The number of esters is 1. The Morgan fingerprint density at radius 3 is 0.934 bits per heavy atom. The van der Waals surface area contributed by atoms with Crippen LogP contribution in [0.3, 0.4) is 0 Å². The van der Waals surface area contributed by atoms with Gasteiger partial charge in [0.1, 0.15) is 0 Å². The maximum Gasteiger partial charge on any atom is 0.305 e. The molecule has 0 aromatic carbocycles. The predicted octanol–water partition coefficient (Wildman–Crippen LogP) is 22.4. The van der Waals surface area contributed by atoms with Crippen molar-refractivity contribution in [2.45, 2.75) is 411 Å². The van der Waals surface area contributed by atoms with Crippen LogP contribution in [0.15, 0.2) is 12.2 Å². The molecule has 0 rings (SSSR count). The van der Waals surface area contributed by atoms with Crippen molar-refractivity contribution in [3.8, 4) is 0 Å². The minimum absolute atomic E-state index is 0.00842. The summed E-state index contributed by atoms with van der Waals surface area (Å²) >= 11 is 0. The van der Waals surface area contributed by atoms with Crippen LogP contribution in [-0.2, 0) is 14.3 Å². The summed E-state index contributed by atoms with van der Waals surface area (Å²) in [4.78, 5) is 24.7. The van der Waals surface area contributed by atoms with Crippen molar-refractivity contribution in [3.63, 3.8) is 0 Å². The molecule has 452 valence electrons. The number of nitrogens with one attached hydrogen (secondary N) is 1. The third-order valence-electron chi connectivity index (χ3n) is 16.6. The van der Waals surface area contributed by atoms with Crippen LogP contribution in [-0.4, -0.2) is 47.4 Å². The highest BCUT2D eigenvalue weighted by molar-refractivity contribution is 5.76. The molecule has 76 heavy (non-hydrogen) atoms. The molecule has 0 aliphatic heterocycles. The van der Waals surface area contributed by atoms with E-state index >= 15 is 0 Å². The minimum atomic E-state index is -0.668. The van der Waals surface area contributed by atoms with Crippen LogP contribution >= 0.6 is 0 Å². The van der Waals surface area contributed by atoms with E-state index in [4.69, 9.17) is 4.74 Å². The van der Waals surface area contributed by atoms with Crippen molar-refractivity contribution < 1.29 is 24.5 Å². The monoisotopic (exact) mass is 1070 g/mol. The van der Waals surface area contributed by atoms with Crippen LogP contribution in [0.4, 0.5) is 0 Å². The first-order valence-corrected chi connectivity index (χ1v) is 34.9. The van der Waals surface area contributed by atoms with Crippen molar-refractivity contribution >= 4 is 11.9 Å². The number of carbonyl (C=O) groups is 2. The van der Waals surface area contributed by atoms with E-state index in [-0.39, 0.29) is 18.5 Å². The highest BCUT2D eigenvalue weighted by Crippen LogP contribution is 2.19. The molecule has 2 unspecified atom stereocenters. The van der Waals surface area contributed by atoms with Gasteiger partial charge in [0.25, 0.3) is 0 Å². The van der Waals surface area contributed by atoms with Gasteiger partial charge in [-0.15, -0.1) is 0 Å². The molecule has 0 saturated carbocycles. The van der Waals surface area contributed by atoms with E-state index in [1.807, 2.05) is 0 Å². The second kappa shape index (κ2) is 66.1. The van der Waals surface area contributed by atoms with Gasteiger partial charge in [0.2, 0.25) is 5.91 Å². The third-order valence-corrected chi connectivity index (χ3v) is 16.6. The van der Waals surface area contributed by atoms with Crippen molar-refractivity contribution in [1.82, 2.24) is 5.32 Å². The van der Waals surface area contributed by atoms with Gasteiger partial charge < -0.3 is 20.3 Å². The third kappa shape index (κ3) is 61.8. The number of hydrogen-bond donors (Lipinski definition) is 3. The van der Waals surface area contributed by atoms with Gasteiger partial charge in [0, 0.05) is 12.8 Å². The number of unbranched alkanes of at least 4 members (excludes halogenated alkanes) is 53. The molecule has 0 bridgehead atoms. The number of ether oxygens (including phenoxy) is 1. The average molecular weight is 1070 g/mol. The SMILES string of the molecule is CCCCCCCC/C=C\CCCCCCCCCCCC(=O)OCCCCCCCCCCCCCCCCCCCCC(=O)NC(CO)C(O)CCCCCCCCCCCCCCCCCCCCCCCC.